The third kappa shape index (κ3) is 4.96. The summed E-state index contributed by atoms with van der Waals surface area (Å²) in [5.41, 5.74) is 5.10. The molecule has 190 valence electrons. The summed E-state index contributed by atoms with van der Waals surface area (Å²) in [4.78, 5) is 35.3. The number of hydrogen-bond donors (Lipinski definition) is 2. The van der Waals surface area contributed by atoms with Crippen molar-refractivity contribution >= 4 is 16.9 Å². The van der Waals surface area contributed by atoms with Crippen molar-refractivity contribution in [1.29, 1.82) is 0 Å². The number of H-pyrrole nitrogens is 1. The zero-order chi connectivity index (χ0) is 25.4. The second-order valence-corrected chi connectivity index (χ2v) is 10.6. The Kier molecular flexibility index (Phi) is 6.38. The summed E-state index contributed by atoms with van der Waals surface area (Å²) in [7, 11) is 0. The summed E-state index contributed by atoms with van der Waals surface area (Å²) < 4.78 is 1.93. The van der Waals surface area contributed by atoms with Gasteiger partial charge in [-0.2, -0.15) is 0 Å². The molecule has 6 rings (SSSR count). The van der Waals surface area contributed by atoms with E-state index in [0.29, 0.717) is 5.92 Å². The van der Waals surface area contributed by atoms with Crippen LogP contribution in [0.25, 0.3) is 22.2 Å². The highest BCUT2D eigenvalue weighted by molar-refractivity contribution is 5.83. The lowest BCUT2D eigenvalue weighted by atomic mass is 10.0. The highest BCUT2D eigenvalue weighted by Crippen LogP contribution is 2.47. The van der Waals surface area contributed by atoms with E-state index in [9.17, 15) is 9.59 Å². The normalized spacial score (nSPS) is 21.1. The molecular formula is C30H33N5O2. The predicted molar refractivity (Wildman–Crippen MR) is 145 cm³/mol. The number of nitrogens with one attached hydrogen (secondary N) is 2. The maximum absolute atomic E-state index is 12.9. The molecule has 0 spiro atoms. The Labute approximate surface area is 216 Å². The Hall–Kier alpha value is -3.71. The number of fused-ring (bicyclic) bond motifs is 1. The average Bonchev–Trinajstić information content (AvgIpc) is 3.66. The number of hydrogen-bond acceptors (Lipinski definition) is 4. The molecule has 0 radical (unpaired) electrons. The van der Waals surface area contributed by atoms with Crippen LogP contribution in [0.5, 0.6) is 0 Å². The van der Waals surface area contributed by atoms with E-state index in [-0.39, 0.29) is 29.6 Å². The summed E-state index contributed by atoms with van der Waals surface area (Å²) in [6.45, 7) is 4.74. The van der Waals surface area contributed by atoms with E-state index >= 15 is 0 Å². The molecule has 3 atom stereocenters. The van der Waals surface area contributed by atoms with E-state index in [1.165, 1.54) is 5.56 Å². The molecule has 2 N–H and O–H groups in total. The summed E-state index contributed by atoms with van der Waals surface area (Å²) in [5.74, 6) is 0.634. The molecule has 7 nitrogen and oxygen atoms in total. The van der Waals surface area contributed by atoms with E-state index in [0.717, 1.165) is 61.1 Å². The molecule has 7 heteroatoms. The number of pyridine rings is 1. The Balaban J connectivity index is 1.04. The predicted octanol–water partition coefficient (Wildman–Crippen LogP) is 4.34. The smallest absolute Gasteiger partial charge is 0.326 e. The molecule has 1 saturated carbocycles. The first-order valence-electron chi connectivity index (χ1n) is 13.3. The molecule has 0 unspecified atom stereocenters. The van der Waals surface area contributed by atoms with Crippen LogP contribution in [0.15, 0.2) is 77.9 Å². The number of aromatic amines is 1. The van der Waals surface area contributed by atoms with Crippen LogP contribution < -0.4 is 11.0 Å². The van der Waals surface area contributed by atoms with Gasteiger partial charge in [0.25, 0.3) is 0 Å². The van der Waals surface area contributed by atoms with Gasteiger partial charge < -0.3 is 15.2 Å². The molecule has 3 heterocycles. The van der Waals surface area contributed by atoms with Gasteiger partial charge in [0.05, 0.1) is 11.0 Å². The van der Waals surface area contributed by atoms with Crippen molar-refractivity contribution in [2.45, 2.75) is 44.2 Å². The van der Waals surface area contributed by atoms with Crippen LogP contribution in [0, 0.1) is 5.92 Å². The largest absolute Gasteiger partial charge is 0.352 e. The van der Waals surface area contributed by atoms with E-state index in [4.69, 9.17) is 0 Å². The van der Waals surface area contributed by atoms with Crippen molar-refractivity contribution in [2.24, 2.45) is 5.92 Å². The number of benzene rings is 2. The van der Waals surface area contributed by atoms with E-state index in [1.807, 2.05) is 53.2 Å². The molecule has 37 heavy (non-hydrogen) atoms. The van der Waals surface area contributed by atoms with Gasteiger partial charge >= 0.3 is 5.69 Å². The quantitative estimate of drug-likeness (QED) is 0.400. The topological polar surface area (TPSA) is 83.0 Å². The van der Waals surface area contributed by atoms with Gasteiger partial charge in [-0.05, 0) is 61.4 Å². The number of amides is 1. The average molecular weight is 496 g/mol. The summed E-state index contributed by atoms with van der Waals surface area (Å²) in [6.07, 6.45) is 6.36. The number of piperidine rings is 1. The van der Waals surface area contributed by atoms with Crippen molar-refractivity contribution in [3.8, 4) is 11.1 Å². The van der Waals surface area contributed by atoms with Crippen LogP contribution in [0.2, 0.25) is 0 Å². The monoisotopic (exact) mass is 495 g/mol. The van der Waals surface area contributed by atoms with Gasteiger partial charge in [0.2, 0.25) is 5.91 Å². The van der Waals surface area contributed by atoms with Crippen LogP contribution in [-0.2, 0) is 4.79 Å². The Morgan fingerprint density at radius 1 is 1.08 bits per heavy atom. The summed E-state index contributed by atoms with van der Waals surface area (Å²) >= 11 is 0. The number of carbonyl (C=O) groups is 1. The lowest BCUT2D eigenvalue weighted by Gasteiger charge is -2.34. The number of nitrogens with zero attached hydrogens (tertiary/aromatic N) is 3. The molecule has 2 aliphatic rings. The van der Waals surface area contributed by atoms with Crippen molar-refractivity contribution in [1.82, 2.24) is 24.8 Å². The first-order valence-corrected chi connectivity index (χ1v) is 13.3. The van der Waals surface area contributed by atoms with Crippen LogP contribution in [0.1, 0.15) is 43.7 Å². The third-order valence-corrected chi connectivity index (χ3v) is 7.91. The summed E-state index contributed by atoms with van der Waals surface area (Å²) in [5, 5.41) is 3.23. The van der Waals surface area contributed by atoms with E-state index in [2.05, 4.69) is 45.3 Å². The highest BCUT2D eigenvalue weighted by Gasteiger charge is 2.44. The Morgan fingerprint density at radius 3 is 2.65 bits per heavy atom. The van der Waals surface area contributed by atoms with Gasteiger partial charge in [-0.15, -0.1) is 0 Å². The fraction of sp³-hybridized carbons (Fsp3) is 0.367. The molecular weight excluding hydrogens is 462 g/mol. The molecule has 2 aromatic heterocycles. The second-order valence-electron chi connectivity index (χ2n) is 10.6. The fourth-order valence-corrected chi connectivity index (χ4v) is 5.90. The first-order chi connectivity index (χ1) is 18.1. The van der Waals surface area contributed by atoms with Gasteiger partial charge in [-0.25, -0.2) is 4.79 Å². The van der Waals surface area contributed by atoms with Gasteiger partial charge in [0.1, 0.15) is 0 Å². The number of imidazole rings is 1. The maximum atomic E-state index is 12.9. The third-order valence-electron chi connectivity index (χ3n) is 7.91. The van der Waals surface area contributed by atoms with Gasteiger partial charge in [-0.1, -0.05) is 42.5 Å². The minimum absolute atomic E-state index is 0.0465. The molecule has 2 aromatic carbocycles. The van der Waals surface area contributed by atoms with Crippen LogP contribution in [-0.4, -0.2) is 51.0 Å². The van der Waals surface area contributed by atoms with Crippen molar-refractivity contribution in [3.63, 3.8) is 0 Å². The molecule has 1 amide bonds. The number of carbonyl (C=O) groups excluding carboxylic acids is 1. The Bertz CT molecular complexity index is 1440. The zero-order valence-electron chi connectivity index (χ0n) is 21.1. The second kappa shape index (κ2) is 9.98. The molecule has 1 aliphatic heterocycles. The van der Waals surface area contributed by atoms with Crippen LogP contribution in [0.3, 0.4) is 0 Å². The first kappa shape index (κ1) is 23.7. The van der Waals surface area contributed by atoms with Gasteiger partial charge in [0, 0.05) is 55.6 Å². The van der Waals surface area contributed by atoms with Crippen LogP contribution >= 0.6 is 0 Å². The SMILES string of the molecule is C[C@@H](CN1CCC(n2c(=O)[nH]c3cc(-c4cccnc4)ccc32)CC1)NC(=O)[C@H]1C[C@@H]1c1ccccc1. The van der Waals surface area contributed by atoms with Gasteiger partial charge in [0.15, 0.2) is 0 Å². The zero-order valence-corrected chi connectivity index (χ0v) is 21.1. The van der Waals surface area contributed by atoms with E-state index < -0.39 is 0 Å². The molecule has 0 bridgehead atoms. The molecule has 4 aromatic rings. The lowest BCUT2D eigenvalue weighted by molar-refractivity contribution is -0.123. The van der Waals surface area contributed by atoms with Gasteiger partial charge in [-0.3, -0.25) is 14.3 Å². The lowest BCUT2D eigenvalue weighted by Crippen LogP contribution is -2.45. The highest BCUT2D eigenvalue weighted by atomic mass is 16.2. The van der Waals surface area contributed by atoms with E-state index in [1.54, 1.807) is 6.20 Å². The number of aromatic nitrogens is 3. The summed E-state index contributed by atoms with van der Waals surface area (Å²) in [6, 6.07) is 20.7. The number of rotatable bonds is 7. The maximum Gasteiger partial charge on any atom is 0.326 e. The fourth-order valence-electron chi connectivity index (χ4n) is 5.90. The molecule has 1 saturated heterocycles. The standard InChI is InChI=1S/C30H33N5O2/c1-20(32-29(36)26-17-25(26)21-6-3-2-4-7-21)19-34-14-11-24(12-15-34)35-28-10-9-22(16-27(28)33-30(35)37)23-8-5-13-31-18-23/h2-10,13,16,18,20,24-26H,11-12,14-15,17,19H2,1H3,(H,32,36)(H,33,37)/t20-,25+,26-/m0/s1. The van der Waals surface area contributed by atoms with Crippen molar-refractivity contribution in [2.75, 3.05) is 19.6 Å². The van der Waals surface area contributed by atoms with Crippen molar-refractivity contribution < 1.29 is 4.79 Å². The molecule has 1 aliphatic carbocycles. The van der Waals surface area contributed by atoms with Crippen LogP contribution in [0.4, 0.5) is 0 Å². The minimum atomic E-state index is -0.0465. The molecule has 2 fully saturated rings. The van der Waals surface area contributed by atoms with Crippen molar-refractivity contribution in [3.05, 3.63) is 89.1 Å². The Morgan fingerprint density at radius 2 is 1.89 bits per heavy atom. The minimum Gasteiger partial charge on any atom is -0.352 e. The number of likely N-dealkylation sites (tertiary alicyclic amines) is 1.